The Morgan fingerprint density at radius 2 is 1.85 bits per heavy atom. The van der Waals surface area contributed by atoms with E-state index in [2.05, 4.69) is 32.4 Å². The summed E-state index contributed by atoms with van der Waals surface area (Å²) in [6.07, 6.45) is 5.77. The Morgan fingerprint density at radius 1 is 1.15 bits per heavy atom. The van der Waals surface area contributed by atoms with Crippen LogP contribution in [0.25, 0.3) is 0 Å². The van der Waals surface area contributed by atoms with Crippen molar-refractivity contribution < 1.29 is 21.9 Å². The van der Waals surface area contributed by atoms with Crippen molar-refractivity contribution >= 4 is 23.1 Å². The maximum Gasteiger partial charge on any atom is 2.00 e. The van der Waals surface area contributed by atoms with Crippen LogP contribution in [-0.2, 0) is 16.1 Å². The molecule has 0 aliphatic carbocycles. The van der Waals surface area contributed by atoms with E-state index in [-0.39, 0.29) is 35.5 Å². The zero-order valence-corrected chi connectivity index (χ0v) is 14.9. The zero-order valence-electron chi connectivity index (χ0n) is 12.7. The average molecular weight is 309 g/mol. The molecule has 0 aliphatic heterocycles. The van der Waals surface area contributed by atoms with Gasteiger partial charge < -0.3 is 28.3 Å². The number of hydrogen-bond acceptors (Lipinski definition) is 2. The van der Waals surface area contributed by atoms with Gasteiger partial charge in [-0.05, 0) is 12.0 Å². The molecule has 20 heavy (non-hydrogen) atoms. The molecule has 0 spiro atoms. The fourth-order valence-corrected chi connectivity index (χ4v) is 1.91. The summed E-state index contributed by atoms with van der Waals surface area (Å²) in [7, 11) is 0. The minimum atomic E-state index is 0. The van der Waals surface area contributed by atoms with E-state index in [4.69, 9.17) is 9.47 Å². The van der Waals surface area contributed by atoms with Gasteiger partial charge in [0.25, 0.3) is 0 Å². The Bertz CT molecular complexity index is 296. The molecule has 0 N–H and O–H groups in total. The predicted octanol–water partition coefficient (Wildman–Crippen LogP) is 0.831. The summed E-state index contributed by atoms with van der Waals surface area (Å²) < 4.78 is 10.9. The van der Waals surface area contributed by atoms with Crippen molar-refractivity contribution in [2.45, 2.75) is 39.7 Å². The normalized spacial score (nSPS) is 11.3. The van der Waals surface area contributed by atoms with Gasteiger partial charge in [0.1, 0.15) is 6.79 Å². The molecular weight excluding hydrogens is 284 g/mol. The van der Waals surface area contributed by atoms with Crippen molar-refractivity contribution in [2.75, 3.05) is 13.4 Å². The van der Waals surface area contributed by atoms with Gasteiger partial charge in [0.2, 0.25) is 0 Å². The van der Waals surface area contributed by atoms with Crippen molar-refractivity contribution in [3.63, 3.8) is 0 Å². The van der Waals surface area contributed by atoms with Gasteiger partial charge in [-0.1, -0.05) is 49.6 Å². The van der Waals surface area contributed by atoms with Gasteiger partial charge >= 0.3 is 23.1 Å². The fraction of sp³-hybridized carbons (Fsp3) is 0.562. The Morgan fingerprint density at radius 3 is 2.50 bits per heavy atom. The summed E-state index contributed by atoms with van der Waals surface area (Å²) in [6.45, 7) is 6.21. The molecule has 0 fully saturated rings. The standard InChI is InChI=1S/C16H25O2.ClH.Mg/c1-3-8-15(2)9-7-12-17-14-18-13-16-10-5-4-6-11-16;;/h3-6,10-11,15H,7-9,12-14H2,1-2H3;1H;/q-1;;+2/p-1. The monoisotopic (exact) mass is 308 g/mol. The second-order valence-corrected chi connectivity index (χ2v) is 4.75. The first-order valence-electron chi connectivity index (χ1n) is 6.80. The van der Waals surface area contributed by atoms with Gasteiger partial charge in [-0.3, -0.25) is 0 Å². The zero-order chi connectivity index (χ0) is 13.1. The molecule has 0 aromatic heterocycles. The van der Waals surface area contributed by atoms with Crippen LogP contribution >= 0.6 is 0 Å². The maximum atomic E-state index is 5.45. The Kier molecular flexibility index (Phi) is 17.5. The van der Waals surface area contributed by atoms with Gasteiger partial charge in [0.05, 0.1) is 6.61 Å². The molecule has 110 valence electrons. The molecule has 0 heterocycles. The van der Waals surface area contributed by atoms with Crippen LogP contribution < -0.4 is 12.4 Å². The summed E-state index contributed by atoms with van der Waals surface area (Å²) in [5.41, 5.74) is 1.19. The topological polar surface area (TPSA) is 18.5 Å². The van der Waals surface area contributed by atoms with Crippen molar-refractivity contribution in [3.8, 4) is 0 Å². The van der Waals surface area contributed by atoms with Gasteiger partial charge in [0, 0.05) is 6.61 Å². The summed E-state index contributed by atoms with van der Waals surface area (Å²) in [6, 6.07) is 10.2. The molecule has 1 unspecified atom stereocenters. The molecule has 0 bridgehead atoms. The van der Waals surface area contributed by atoms with Crippen LogP contribution in [0, 0.1) is 12.3 Å². The van der Waals surface area contributed by atoms with Crippen molar-refractivity contribution in [1.82, 2.24) is 0 Å². The van der Waals surface area contributed by atoms with E-state index in [1.54, 1.807) is 0 Å². The number of ether oxygens (including phenoxy) is 2. The van der Waals surface area contributed by atoms with Crippen LogP contribution in [0.5, 0.6) is 0 Å². The first-order chi connectivity index (χ1) is 8.83. The Labute approximate surface area is 146 Å². The van der Waals surface area contributed by atoms with E-state index in [0.717, 1.165) is 18.9 Å². The number of halogens is 1. The van der Waals surface area contributed by atoms with Gasteiger partial charge in [0.15, 0.2) is 0 Å². The van der Waals surface area contributed by atoms with Crippen LogP contribution in [-0.4, -0.2) is 36.5 Å². The molecule has 1 rings (SSSR count). The summed E-state index contributed by atoms with van der Waals surface area (Å²) in [4.78, 5) is 0. The first kappa shape index (κ1) is 22.5. The van der Waals surface area contributed by atoms with Gasteiger partial charge in [-0.15, -0.1) is 0 Å². The van der Waals surface area contributed by atoms with Crippen LogP contribution in [0.3, 0.4) is 0 Å². The number of benzene rings is 1. The van der Waals surface area contributed by atoms with Crippen LogP contribution in [0.2, 0.25) is 0 Å². The van der Waals surface area contributed by atoms with Crippen molar-refractivity contribution in [1.29, 1.82) is 0 Å². The Hall–Kier alpha value is 0.196. The fourth-order valence-electron chi connectivity index (χ4n) is 1.91. The van der Waals surface area contributed by atoms with E-state index < -0.39 is 0 Å². The molecule has 2 nitrogen and oxygen atoms in total. The third-order valence-electron chi connectivity index (χ3n) is 2.90. The van der Waals surface area contributed by atoms with Crippen LogP contribution in [0.1, 0.15) is 38.7 Å². The molecule has 1 aromatic carbocycles. The molecule has 0 radical (unpaired) electrons. The SMILES string of the molecule is C[CH-]CC(C)CCCOCOCc1ccccc1.[Cl-].[Mg+2]. The van der Waals surface area contributed by atoms with E-state index >= 15 is 0 Å². The van der Waals surface area contributed by atoms with Gasteiger partial charge in [-0.25, -0.2) is 0 Å². The molecule has 0 saturated heterocycles. The predicted molar refractivity (Wildman–Crippen MR) is 80.8 cm³/mol. The van der Waals surface area contributed by atoms with Crippen LogP contribution in [0.15, 0.2) is 30.3 Å². The van der Waals surface area contributed by atoms with E-state index in [0.29, 0.717) is 13.4 Å². The second-order valence-electron chi connectivity index (χ2n) is 4.75. The summed E-state index contributed by atoms with van der Waals surface area (Å²) in [5.74, 6) is 0.767. The van der Waals surface area contributed by atoms with E-state index in [1.807, 2.05) is 18.2 Å². The molecule has 0 saturated carbocycles. The molecule has 1 atom stereocenters. The summed E-state index contributed by atoms with van der Waals surface area (Å²) in [5, 5.41) is 0. The molecule has 0 aliphatic rings. The van der Waals surface area contributed by atoms with Gasteiger partial charge in [-0.2, -0.15) is 13.3 Å². The molecule has 1 aromatic rings. The smallest absolute Gasteiger partial charge is 1.00 e. The summed E-state index contributed by atoms with van der Waals surface area (Å²) >= 11 is 0. The first-order valence-corrected chi connectivity index (χ1v) is 6.80. The molecule has 0 amide bonds. The Balaban J connectivity index is 0. The maximum absolute atomic E-state index is 5.45. The number of hydrogen-bond donors (Lipinski definition) is 0. The van der Waals surface area contributed by atoms with Crippen LogP contribution in [0.4, 0.5) is 0 Å². The minimum absolute atomic E-state index is 0. The van der Waals surface area contributed by atoms with Crippen molar-refractivity contribution in [3.05, 3.63) is 42.3 Å². The van der Waals surface area contributed by atoms with E-state index in [9.17, 15) is 0 Å². The third-order valence-corrected chi connectivity index (χ3v) is 2.90. The van der Waals surface area contributed by atoms with E-state index in [1.165, 1.54) is 18.4 Å². The quantitative estimate of drug-likeness (QED) is 0.276. The molecule has 4 heteroatoms. The average Bonchev–Trinajstić information content (AvgIpc) is 2.39. The minimum Gasteiger partial charge on any atom is -1.00 e. The number of rotatable bonds is 10. The third kappa shape index (κ3) is 12.0. The van der Waals surface area contributed by atoms with Crippen molar-refractivity contribution in [2.24, 2.45) is 5.92 Å². The molecular formula is C16H25ClMgO2. The second kappa shape index (κ2) is 15.6. The largest absolute Gasteiger partial charge is 2.00 e.